The fourth-order valence-corrected chi connectivity index (χ4v) is 3.51. The molecule has 144 valence electrons. The molecule has 3 rings (SSSR count). The van der Waals surface area contributed by atoms with Crippen LogP contribution in [0.3, 0.4) is 0 Å². The van der Waals surface area contributed by atoms with Gasteiger partial charge in [0.2, 0.25) is 0 Å². The molecule has 6 heteroatoms. The third-order valence-electron chi connectivity index (χ3n) is 5.21. The molecule has 0 bridgehead atoms. The molecule has 2 aromatic rings. The first-order valence-electron chi connectivity index (χ1n) is 8.93. The molecule has 0 spiro atoms. The summed E-state index contributed by atoms with van der Waals surface area (Å²) in [6.45, 7) is 4.78. The highest BCUT2D eigenvalue weighted by molar-refractivity contribution is 5.93. The lowest BCUT2D eigenvalue weighted by Crippen LogP contribution is -2.33. The molecule has 0 amide bonds. The van der Waals surface area contributed by atoms with Crippen molar-refractivity contribution in [3.8, 4) is 0 Å². The maximum atomic E-state index is 14.5. The van der Waals surface area contributed by atoms with Crippen LogP contribution >= 0.6 is 0 Å². The molecule has 0 saturated carbocycles. The average Bonchev–Trinajstić information content (AvgIpc) is 2.62. The number of carbonyl (C=O) groups excluding carboxylic acids is 1. The van der Waals surface area contributed by atoms with Crippen LogP contribution in [0.15, 0.2) is 24.3 Å². The van der Waals surface area contributed by atoms with Gasteiger partial charge in [-0.15, -0.1) is 0 Å². The lowest BCUT2D eigenvalue weighted by atomic mass is 9.86. The number of esters is 1. The van der Waals surface area contributed by atoms with Crippen molar-refractivity contribution < 1.29 is 27.8 Å². The molecule has 27 heavy (non-hydrogen) atoms. The normalized spacial score (nSPS) is 18.6. The van der Waals surface area contributed by atoms with Crippen molar-refractivity contribution in [3.63, 3.8) is 0 Å². The van der Waals surface area contributed by atoms with Crippen LogP contribution in [0, 0.1) is 17.5 Å². The van der Waals surface area contributed by atoms with Crippen LogP contribution in [0.1, 0.15) is 65.4 Å². The summed E-state index contributed by atoms with van der Waals surface area (Å²) in [5, 5.41) is 9.61. The summed E-state index contributed by atoms with van der Waals surface area (Å²) >= 11 is 0. The van der Waals surface area contributed by atoms with Gasteiger partial charge < -0.3 is 9.84 Å². The summed E-state index contributed by atoms with van der Waals surface area (Å²) in [4.78, 5) is 12.4. The Kier molecular flexibility index (Phi) is 5.29. The van der Waals surface area contributed by atoms with Crippen LogP contribution in [0.2, 0.25) is 0 Å². The summed E-state index contributed by atoms with van der Waals surface area (Å²) in [6.07, 6.45) is -1.26. The molecule has 2 aromatic carbocycles. The minimum absolute atomic E-state index is 0.0143. The van der Waals surface area contributed by atoms with Gasteiger partial charge in [0.1, 0.15) is 11.9 Å². The van der Waals surface area contributed by atoms with Crippen LogP contribution in [-0.2, 0) is 17.6 Å². The number of aliphatic hydroxyl groups excluding tert-OH is 1. The second-order valence-electron chi connectivity index (χ2n) is 6.91. The number of aryl methyl sites for hydroxylation is 1. The summed E-state index contributed by atoms with van der Waals surface area (Å²) in [6, 6.07) is 6.02. The highest BCUT2D eigenvalue weighted by atomic mass is 19.2. The van der Waals surface area contributed by atoms with E-state index in [2.05, 4.69) is 0 Å². The SMILES string of the molecule is CCc1ccc(C(C)C2Cc3ccc(C(C)O)c(F)c3C(=O)O2)c(F)c1F. The van der Waals surface area contributed by atoms with Crippen molar-refractivity contribution in [3.05, 3.63) is 69.5 Å². The molecule has 0 saturated heterocycles. The lowest BCUT2D eigenvalue weighted by Gasteiger charge is -2.30. The Hall–Kier alpha value is -2.34. The second kappa shape index (κ2) is 7.35. The van der Waals surface area contributed by atoms with Crippen molar-refractivity contribution >= 4 is 5.97 Å². The molecular weight excluding hydrogens is 357 g/mol. The van der Waals surface area contributed by atoms with Gasteiger partial charge in [0, 0.05) is 17.9 Å². The molecule has 1 N–H and O–H groups in total. The zero-order valence-electron chi connectivity index (χ0n) is 15.4. The van der Waals surface area contributed by atoms with E-state index in [1.165, 1.54) is 25.1 Å². The van der Waals surface area contributed by atoms with Crippen LogP contribution in [0.4, 0.5) is 13.2 Å². The Morgan fingerprint density at radius 1 is 1.07 bits per heavy atom. The number of rotatable bonds is 4. The van der Waals surface area contributed by atoms with Gasteiger partial charge in [-0.2, -0.15) is 0 Å². The Morgan fingerprint density at radius 2 is 1.74 bits per heavy atom. The number of hydrogen-bond acceptors (Lipinski definition) is 3. The number of fused-ring (bicyclic) bond motifs is 1. The molecule has 3 nitrogen and oxygen atoms in total. The van der Waals surface area contributed by atoms with E-state index >= 15 is 0 Å². The maximum Gasteiger partial charge on any atom is 0.341 e. The Labute approximate surface area is 155 Å². The molecule has 0 fully saturated rings. The van der Waals surface area contributed by atoms with E-state index in [-0.39, 0.29) is 28.7 Å². The summed E-state index contributed by atoms with van der Waals surface area (Å²) in [5.74, 6) is -4.11. The Morgan fingerprint density at radius 3 is 2.37 bits per heavy atom. The summed E-state index contributed by atoms with van der Waals surface area (Å²) in [5.41, 5.74) is 0.635. The quantitative estimate of drug-likeness (QED) is 0.791. The third kappa shape index (κ3) is 3.34. The third-order valence-corrected chi connectivity index (χ3v) is 5.21. The highest BCUT2D eigenvalue weighted by Gasteiger charge is 2.35. The van der Waals surface area contributed by atoms with E-state index in [0.29, 0.717) is 12.0 Å². The average molecular weight is 378 g/mol. The first-order chi connectivity index (χ1) is 12.8. The number of benzene rings is 2. The van der Waals surface area contributed by atoms with Gasteiger partial charge in [0.15, 0.2) is 11.6 Å². The topological polar surface area (TPSA) is 46.5 Å². The molecule has 0 aliphatic carbocycles. The second-order valence-corrected chi connectivity index (χ2v) is 6.91. The number of halogens is 3. The van der Waals surface area contributed by atoms with Gasteiger partial charge in [-0.1, -0.05) is 38.1 Å². The Balaban J connectivity index is 1.94. The van der Waals surface area contributed by atoms with Crippen molar-refractivity contribution in [2.45, 2.75) is 51.7 Å². The van der Waals surface area contributed by atoms with Crippen LogP contribution in [-0.4, -0.2) is 17.2 Å². The van der Waals surface area contributed by atoms with E-state index in [9.17, 15) is 23.1 Å². The minimum atomic E-state index is -1.06. The van der Waals surface area contributed by atoms with Crippen molar-refractivity contribution in [1.82, 2.24) is 0 Å². The van der Waals surface area contributed by atoms with E-state index in [4.69, 9.17) is 4.74 Å². The highest BCUT2D eigenvalue weighted by Crippen LogP contribution is 2.35. The van der Waals surface area contributed by atoms with E-state index in [1.54, 1.807) is 19.9 Å². The lowest BCUT2D eigenvalue weighted by molar-refractivity contribution is 0.0189. The predicted molar refractivity (Wildman–Crippen MR) is 94.1 cm³/mol. The molecule has 1 aliphatic rings. The van der Waals surface area contributed by atoms with Crippen LogP contribution < -0.4 is 0 Å². The van der Waals surface area contributed by atoms with Gasteiger partial charge in [0.25, 0.3) is 0 Å². The standard InChI is InChI=1S/C21H21F3O3/c1-4-12-5-7-14(20(24)18(12)22)10(2)16-9-13-6-8-15(11(3)25)19(23)17(13)21(26)27-16/h5-8,10-11,16,25H,4,9H2,1-3H3. The number of carbonyl (C=O) groups is 1. The monoisotopic (exact) mass is 378 g/mol. The number of aliphatic hydroxyl groups is 1. The van der Waals surface area contributed by atoms with Crippen molar-refractivity contribution in [1.29, 1.82) is 0 Å². The van der Waals surface area contributed by atoms with Crippen molar-refractivity contribution in [2.24, 2.45) is 0 Å². The largest absolute Gasteiger partial charge is 0.458 e. The molecule has 0 radical (unpaired) electrons. The molecular formula is C21H21F3O3. The number of hydrogen-bond donors (Lipinski definition) is 1. The van der Waals surface area contributed by atoms with Gasteiger partial charge in [0.05, 0.1) is 11.7 Å². The zero-order chi connectivity index (χ0) is 19.9. The molecule has 3 unspecified atom stereocenters. The number of cyclic esters (lactones) is 1. The van der Waals surface area contributed by atoms with Gasteiger partial charge in [-0.3, -0.25) is 0 Å². The fourth-order valence-electron chi connectivity index (χ4n) is 3.51. The van der Waals surface area contributed by atoms with Gasteiger partial charge in [-0.05, 0) is 30.0 Å². The number of ether oxygens (including phenoxy) is 1. The zero-order valence-corrected chi connectivity index (χ0v) is 15.4. The summed E-state index contributed by atoms with van der Waals surface area (Å²) in [7, 11) is 0. The fraction of sp³-hybridized carbons (Fsp3) is 0.381. The van der Waals surface area contributed by atoms with Gasteiger partial charge in [-0.25, -0.2) is 18.0 Å². The molecule has 0 aromatic heterocycles. The maximum absolute atomic E-state index is 14.5. The van der Waals surface area contributed by atoms with E-state index in [1.807, 2.05) is 0 Å². The first kappa shape index (κ1) is 19.4. The van der Waals surface area contributed by atoms with E-state index < -0.39 is 41.5 Å². The van der Waals surface area contributed by atoms with Crippen LogP contribution in [0.25, 0.3) is 0 Å². The van der Waals surface area contributed by atoms with Gasteiger partial charge >= 0.3 is 5.97 Å². The molecule has 3 atom stereocenters. The molecule has 1 heterocycles. The minimum Gasteiger partial charge on any atom is -0.458 e. The van der Waals surface area contributed by atoms with E-state index in [0.717, 1.165) is 0 Å². The predicted octanol–water partition coefficient (Wildman–Crippen LogP) is 4.60. The molecule has 1 aliphatic heterocycles. The summed E-state index contributed by atoms with van der Waals surface area (Å²) < 4.78 is 48.5. The first-order valence-corrected chi connectivity index (χ1v) is 8.93. The smallest absolute Gasteiger partial charge is 0.341 e. The van der Waals surface area contributed by atoms with Crippen molar-refractivity contribution in [2.75, 3.05) is 0 Å². The Bertz CT molecular complexity index is 893. The van der Waals surface area contributed by atoms with Crippen LogP contribution in [0.5, 0.6) is 0 Å².